The molecule has 38 heavy (non-hydrogen) atoms. The van der Waals surface area contributed by atoms with Crippen LogP contribution in [-0.4, -0.2) is 84.8 Å². The van der Waals surface area contributed by atoms with E-state index in [-0.39, 0.29) is 24.4 Å². The Hall–Kier alpha value is -4.14. The molecular formula is C29H35N5O4. The fourth-order valence-electron chi connectivity index (χ4n) is 4.43. The molecule has 200 valence electrons. The molecule has 0 bridgehead atoms. The third kappa shape index (κ3) is 6.04. The molecule has 0 radical (unpaired) electrons. The highest BCUT2D eigenvalue weighted by Crippen LogP contribution is 2.32. The molecule has 0 aliphatic carbocycles. The van der Waals surface area contributed by atoms with E-state index >= 15 is 0 Å². The number of methoxy groups -OCH3 is 2. The predicted molar refractivity (Wildman–Crippen MR) is 147 cm³/mol. The number of hydrogen-bond donors (Lipinski definition) is 0. The highest BCUT2D eigenvalue weighted by Gasteiger charge is 2.27. The first-order chi connectivity index (χ1) is 18.3. The molecule has 4 rings (SSSR count). The normalized spacial score (nSPS) is 13.4. The van der Waals surface area contributed by atoms with E-state index in [4.69, 9.17) is 9.47 Å². The van der Waals surface area contributed by atoms with E-state index < -0.39 is 0 Å². The van der Waals surface area contributed by atoms with E-state index in [1.807, 2.05) is 80.3 Å². The van der Waals surface area contributed by atoms with Crippen LogP contribution in [0.25, 0.3) is 11.3 Å². The van der Waals surface area contributed by atoms with Gasteiger partial charge in [-0.25, -0.2) is 0 Å². The van der Waals surface area contributed by atoms with E-state index in [1.54, 1.807) is 19.1 Å². The van der Waals surface area contributed by atoms with E-state index in [0.29, 0.717) is 48.9 Å². The summed E-state index contributed by atoms with van der Waals surface area (Å²) in [6.07, 6.45) is 0. The molecule has 1 aromatic heterocycles. The quantitative estimate of drug-likeness (QED) is 0.451. The number of rotatable bonds is 8. The molecule has 2 amide bonds. The Morgan fingerprint density at radius 1 is 0.921 bits per heavy atom. The first kappa shape index (κ1) is 26.9. The highest BCUT2D eigenvalue weighted by atomic mass is 16.5. The summed E-state index contributed by atoms with van der Waals surface area (Å²) >= 11 is 0. The molecule has 0 atom stereocenters. The summed E-state index contributed by atoms with van der Waals surface area (Å²) in [5.74, 6) is 1.95. The van der Waals surface area contributed by atoms with Gasteiger partial charge in [0.25, 0.3) is 5.91 Å². The third-order valence-electron chi connectivity index (χ3n) is 6.78. The number of aromatic nitrogens is 2. The van der Waals surface area contributed by atoms with Crippen molar-refractivity contribution in [3.63, 3.8) is 0 Å². The Morgan fingerprint density at radius 3 is 2.21 bits per heavy atom. The van der Waals surface area contributed by atoms with E-state index in [0.717, 1.165) is 16.9 Å². The largest absolute Gasteiger partial charge is 0.497 e. The Balaban J connectivity index is 1.36. The number of hydrogen-bond acceptors (Lipinski definition) is 7. The van der Waals surface area contributed by atoms with Crippen LogP contribution in [0.2, 0.25) is 0 Å². The molecule has 2 aromatic carbocycles. The maximum atomic E-state index is 13.1. The molecule has 3 aromatic rings. The summed E-state index contributed by atoms with van der Waals surface area (Å²) in [4.78, 5) is 31.8. The summed E-state index contributed by atoms with van der Waals surface area (Å²) in [5, 5.41) is 8.85. The summed E-state index contributed by atoms with van der Waals surface area (Å²) < 4.78 is 10.8. The molecule has 1 saturated heterocycles. The SMILES string of the molecule is COc1ccc(-c2ccc(N3CCN(C(=O)CN(C(=O)c4ccc(C)cc4)C(C)C)CC3)nn2)c(OC)c1. The Bertz CT molecular complexity index is 1250. The molecule has 9 heteroatoms. The fourth-order valence-corrected chi connectivity index (χ4v) is 4.43. The molecule has 1 fully saturated rings. The van der Waals surface area contributed by atoms with Gasteiger partial charge in [0.2, 0.25) is 5.91 Å². The Labute approximate surface area is 224 Å². The van der Waals surface area contributed by atoms with Gasteiger partial charge in [0.1, 0.15) is 18.0 Å². The summed E-state index contributed by atoms with van der Waals surface area (Å²) in [6.45, 7) is 8.29. The van der Waals surface area contributed by atoms with Crippen molar-refractivity contribution in [3.8, 4) is 22.8 Å². The summed E-state index contributed by atoms with van der Waals surface area (Å²) in [6, 6.07) is 16.8. The monoisotopic (exact) mass is 517 g/mol. The van der Waals surface area contributed by atoms with Crippen LogP contribution in [0.3, 0.4) is 0 Å². The average molecular weight is 518 g/mol. The van der Waals surface area contributed by atoms with Crippen LogP contribution in [0.5, 0.6) is 11.5 Å². The molecule has 0 unspecified atom stereocenters. The molecule has 2 heterocycles. The lowest BCUT2D eigenvalue weighted by molar-refractivity contribution is -0.132. The van der Waals surface area contributed by atoms with E-state index in [2.05, 4.69) is 15.1 Å². The second kappa shape index (κ2) is 11.9. The lowest BCUT2D eigenvalue weighted by atomic mass is 10.1. The maximum Gasteiger partial charge on any atom is 0.254 e. The van der Waals surface area contributed by atoms with Gasteiger partial charge in [-0.2, -0.15) is 0 Å². The molecule has 1 aliphatic rings. The predicted octanol–water partition coefficient (Wildman–Crippen LogP) is 3.67. The topological polar surface area (TPSA) is 88.1 Å². The number of carbonyl (C=O) groups excluding carboxylic acids is 2. The number of nitrogens with zero attached hydrogens (tertiary/aromatic N) is 5. The number of piperazine rings is 1. The number of ether oxygens (including phenoxy) is 2. The van der Waals surface area contributed by atoms with Crippen LogP contribution in [0.15, 0.2) is 54.6 Å². The van der Waals surface area contributed by atoms with Gasteiger partial charge >= 0.3 is 0 Å². The number of anilines is 1. The standard InChI is InChI=1S/C29H35N5O4/c1-20(2)34(29(36)22-8-6-21(3)7-9-22)19-28(35)33-16-14-32(15-17-33)27-13-12-25(30-31-27)24-11-10-23(37-4)18-26(24)38-5/h6-13,18,20H,14-17,19H2,1-5H3. The molecule has 0 spiro atoms. The van der Waals surface area contributed by atoms with Crippen LogP contribution in [0.1, 0.15) is 29.8 Å². The van der Waals surface area contributed by atoms with E-state index in [1.165, 1.54) is 0 Å². The Morgan fingerprint density at radius 2 is 1.63 bits per heavy atom. The summed E-state index contributed by atoms with van der Waals surface area (Å²) in [5.41, 5.74) is 3.22. The first-order valence-corrected chi connectivity index (χ1v) is 12.8. The number of carbonyl (C=O) groups is 2. The highest BCUT2D eigenvalue weighted by molar-refractivity contribution is 5.96. The van der Waals surface area contributed by atoms with Gasteiger partial charge in [-0.1, -0.05) is 17.7 Å². The van der Waals surface area contributed by atoms with Crippen LogP contribution in [0, 0.1) is 6.92 Å². The molecule has 9 nitrogen and oxygen atoms in total. The van der Waals surface area contributed by atoms with Crippen molar-refractivity contribution in [1.82, 2.24) is 20.0 Å². The minimum absolute atomic E-state index is 0.0492. The minimum Gasteiger partial charge on any atom is -0.497 e. The number of benzene rings is 2. The van der Waals surface area contributed by atoms with Crippen molar-refractivity contribution in [2.75, 3.05) is 51.8 Å². The zero-order valence-electron chi connectivity index (χ0n) is 22.7. The van der Waals surface area contributed by atoms with Crippen molar-refractivity contribution in [2.45, 2.75) is 26.8 Å². The maximum absolute atomic E-state index is 13.1. The second-order valence-corrected chi connectivity index (χ2v) is 9.60. The van der Waals surface area contributed by atoms with Gasteiger partial charge in [-0.3, -0.25) is 9.59 Å². The van der Waals surface area contributed by atoms with Gasteiger partial charge < -0.3 is 24.2 Å². The van der Waals surface area contributed by atoms with Gasteiger partial charge in [0.15, 0.2) is 5.82 Å². The van der Waals surface area contributed by atoms with Crippen LogP contribution >= 0.6 is 0 Å². The number of amides is 2. The fraction of sp³-hybridized carbons (Fsp3) is 0.379. The van der Waals surface area contributed by atoms with Crippen LogP contribution in [-0.2, 0) is 4.79 Å². The van der Waals surface area contributed by atoms with E-state index in [9.17, 15) is 9.59 Å². The van der Waals surface area contributed by atoms with Crippen molar-refractivity contribution >= 4 is 17.6 Å². The lowest BCUT2D eigenvalue weighted by Crippen LogP contribution is -2.53. The molecule has 1 aliphatic heterocycles. The molecular weight excluding hydrogens is 482 g/mol. The molecule has 0 N–H and O–H groups in total. The van der Waals surface area contributed by atoms with Crippen LogP contribution < -0.4 is 14.4 Å². The van der Waals surface area contributed by atoms with Crippen LogP contribution in [0.4, 0.5) is 5.82 Å². The van der Waals surface area contributed by atoms with Gasteiger partial charge in [-0.05, 0) is 57.2 Å². The zero-order valence-corrected chi connectivity index (χ0v) is 22.7. The smallest absolute Gasteiger partial charge is 0.254 e. The van der Waals surface area contributed by atoms with Gasteiger partial charge in [0.05, 0.1) is 19.9 Å². The van der Waals surface area contributed by atoms with Crippen molar-refractivity contribution in [1.29, 1.82) is 0 Å². The van der Waals surface area contributed by atoms with Gasteiger partial charge in [-0.15, -0.1) is 10.2 Å². The lowest BCUT2D eigenvalue weighted by Gasteiger charge is -2.36. The summed E-state index contributed by atoms with van der Waals surface area (Å²) in [7, 11) is 3.22. The Kier molecular flexibility index (Phi) is 8.45. The van der Waals surface area contributed by atoms with Crippen molar-refractivity contribution in [2.24, 2.45) is 0 Å². The molecule has 0 saturated carbocycles. The minimum atomic E-state index is -0.129. The van der Waals surface area contributed by atoms with Gasteiger partial charge in [0, 0.05) is 49.4 Å². The zero-order chi connectivity index (χ0) is 27.2. The third-order valence-corrected chi connectivity index (χ3v) is 6.78. The first-order valence-electron chi connectivity index (χ1n) is 12.8. The average Bonchev–Trinajstić information content (AvgIpc) is 2.95. The van der Waals surface area contributed by atoms with Crippen molar-refractivity contribution < 1.29 is 19.1 Å². The van der Waals surface area contributed by atoms with Crippen molar-refractivity contribution in [3.05, 3.63) is 65.7 Å². The number of aryl methyl sites for hydroxylation is 1. The second-order valence-electron chi connectivity index (χ2n) is 9.60.